The zero-order chi connectivity index (χ0) is 14.5. The summed E-state index contributed by atoms with van der Waals surface area (Å²) in [5, 5.41) is 8.86. The number of carbonyl (C=O) groups excluding carboxylic acids is 1. The van der Waals surface area contributed by atoms with Gasteiger partial charge in [-0.25, -0.2) is 0 Å². The lowest BCUT2D eigenvalue weighted by atomic mass is 9.91. The summed E-state index contributed by atoms with van der Waals surface area (Å²) in [6, 6.07) is 8.97. The predicted octanol–water partition coefficient (Wildman–Crippen LogP) is 1.18. The second kappa shape index (κ2) is 6.33. The van der Waals surface area contributed by atoms with Crippen molar-refractivity contribution in [1.29, 1.82) is 0 Å². The van der Waals surface area contributed by atoms with Crippen LogP contribution in [0.2, 0.25) is 0 Å². The monoisotopic (exact) mass is 264 g/mol. The third-order valence-corrected chi connectivity index (χ3v) is 2.92. The van der Waals surface area contributed by atoms with Crippen LogP contribution < -0.4 is 5.73 Å². The zero-order valence-electron chi connectivity index (χ0n) is 11.3. The van der Waals surface area contributed by atoms with E-state index in [0.29, 0.717) is 18.5 Å². The van der Waals surface area contributed by atoms with Gasteiger partial charge >= 0.3 is 5.97 Å². The maximum atomic E-state index is 12.4. The van der Waals surface area contributed by atoms with Gasteiger partial charge in [0.25, 0.3) is 0 Å². The maximum Gasteiger partial charge on any atom is 0.323 e. The summed E-state index contributed by atoms with van der Waals surface area (Å²) in [7, 11) is 0. The number of aliphatic carboxylic acids is 1. The molecule has 0 radical (unpaired) electrons. The number of hydrogen-bond donors (Lipinski definition) is 2. The highest BCUT2D eigenvalue weighted by atomic mass is 16.4. The molecule has 1 amide bonds. The molecular weight excluding hydrogens is 244 g/mol. The molecule has 1 aromatic carbocycles. The third-order valence-electron chi connectivity index (χ3n) is 2.92. The Bertz CT molecular complexity index is 443. The number of carbonyl (C=O) groups is 2. The van der Waals surface area contributed by atoms with Crippen LogP contribution in [0.4, 0.5) is 0 Å². The summed E-state index contributed by atoms with van der Waals surface area (Å²) in [5.74, 6) is -1.41. The first-order chi connectivity index (χ1) is 8.89. The van der Waals surface area contributed by atoms with Crippen LogP contribution in [-0.4, -0.2) is 35.0 Å². The van der Waals surface area contributed by atoms with Crippen molar-refractivity contribution in [3.05, 3.63) is 35.9 Å². The van der Waals surface area contributed by atoms with Crippen LogP contribution in [0.3, 0.4) is 0 Å². The van der Waals surface area contributed by atoms with Crippen molar-refractivity contribution >= 4 is 11.9 Å². The normalized spacial score (nSPS) is 13.6. The van der Waals surface area contributed by atoms with Gasteiger partial charge < -0.3 is 15.7 Å². The molecule has 0 saturated heterocycles. The van der Waals surface area contributed by atoms with Crippen LogP contribution in [0.5, 0.6) is 0 Å². The van der Waals surface area contributed by atoms with Crippen molar-refractivity contribution in [3.63, 3.8) is 0 Å². The topological polar surface area (TPSA) is 83.6 Å². The molecule has 1 rings (SSSR count). The molecule has 3 N–H and O–H groups in total. The summed E-state index contributed by atoms with van der Waals surface area (Å²) in [6.07, 6.45) is 0.684. The Hall–Kier alpha value is -1.88. The van der Waals surface area contributed by atoms with E-state index in [4.69, 9.17) is 10.8 Å². The molecule has 0 spiro atoms. The molecule has 1 atom stereocenters. The Kier molecular flexibility index (Phi) is 5.06. The van der Waals surface area contributed by atoms with Gasteiger partial charge in [-0.2, -0.15) is 0 Å². The van der Waals surface area contributed by atoms with Gasteiger partial charge in [0, 0.05) is 6.54 Å². The quantitative estimate of drug-likeness (QED) is 0.808. The van der Waals surface area contributed by atoms with Gasteiger partial charge in [-0.1, -0.05) is 37.3 Å². The van der Waals surface area contributed by atoms with Gasteiger partial charge in [-0.05, 0) is 18.9 Å². The average molecular weight is 264 g/mol. The van der Waals surface area contributed by atoms with Gasteiger partial charge in [-0.15, -0.1) is 0 Å². The van der Waals surface area contributed by atoms with Crippen molar-refractivity contribution < 1.29 is 14.7 Å². The van der Waals surface area contributed by atoms with E-state index < -0.39 is 11.5 Å². The van der Waals surface area contributed by atoms with E-state index in [1.165, 1.54) is 4.90 Å². The number of benzene rings is 1. The first-order valence-corrected chi connectivity index (χ1v) is 6.25. The number of amides is 1. The molecule has 0 aromatic heterocycles. The van der Waals surface area contributed by atoms with Gasteiger partial charge in [0.2, 0.25) is 5.91 Å². The van der Waals surface area contributed by atoms with Crippen LogP contribution in [-0.2, 0) is 15.1 Å². The molecule has 19 heavy (non-hydrogen) atoms. The number of nitrogens with zero attached hydrogens (tertiary/aromatic N) is 1. The standard InChI is InChI=1S/C14H20N2O3/c1-3-9-16(10-12(17)18)13(19)14(2,15)11-7-5-4-6-8-11/h4-8H,3,9-10,15H2,1-2H3,(H,17,18). The SMILES string of the molecule is CCCN(CC(=O)O)C(=O)C(C)(N)c1ccccc1. The minimum Gasteiger partial charge on any atom is -0.480 e. The van der Waals surface area contributed by atoms with Crippen molar-refractivity contribution in [2.75, 3.05) is 13.1 Å². The second-order valence-corrected chi connectivity index (χ2v) is 4.69. The highest BCUT2D eigenvalue weighted by molar-refractivity contribution is 5.89. The number of hydrogen-bond acceptors (Lipinski definition) is 3. The second-order valence-electron chi connectivity index (χ2n) is 4.69. The first kappa shape index (κ1) is 15.2. The molecule has 1 unspecified atom stereocenters. The summed E-state index contributed by atoms with van der Waals surface area (Å²) in [4.78, 5) is 24.5. The number of carboxylic acid groups (broad SMARTS) is 1. The predicted molar refractivity (Wildman–Crippen MR) is 72.5 cm³/mol. The Morgan fingerprint density at radius 3 is 2.37 bits per heavy atom. The molecule has 0 bridgehead atoms. The molecular formula is C14H20N2O3. The molecule has 0 aliphatic heterocycles. The Morgan fingerprint density at radius 2 is 1.89 bits per heavy atom. The molecule has 104 valence electrons. The smallest absolute Gasteiger partial charge is 0.323 e. The largest absolute Gasteiger partial charge is 0.480 e. The lowest BCUT2D eigenvalue weighted by Crippen LogP contribution is -2.52. The van der Waals surface area contributed by atoms with Crippen LogP contribution >= 0.6 is 0 Å². The lowest BCUT2D eigenvalue weighted by Gasteiger charge is -2.31. The summed E-state index contributed by atoms with van der Waals surface area (Å²) in [6.45, 7) is 3.55. The first-order valence-electron chi connectivity index (χ1n) is 6.25. The van der Waals surface area contributed by atoms with E-state index in [1.807, 2.05) is 13.0 Å². The van der Waals surface area contributed by atoms with Crippen LogP contribution in [0.1, 0.15) is 25.8 Å². The number of carboxylic acids is 1. The van der Waals surface area contributed by atoms with E-state index >= 15 is 0 Å². The highest BCUT2D eigenvalue weighted by Crippen LogP contribution is 2.20. The van der Waals surface area contributed by atoms with E-state index in [-0.39, 0.29) is 12.5 Å². The Labute approximate surface area is 113 Å². The Morgan fingerprint density at radius 1 is 1.32 bits per heavy atom. The van der Waals surface area contributed by atoms with Crippen molar-refractivity contribution in [1.82, 2.24) is 4.90 Å². The fraction of sp³-hybridized carbons (Fsp3) is 0.429. The number of nitrogens with two attached hydrogens (primary N) is 1. The van der Waals surface area contributed by atoms with Gasteiger partial charge in [0.1, 0.15) is 12.1 Å². The van der Waals surface area contributed by atoms with E-state index in [9.17, 15) is 9.59 Å². The van der Waals surface area contributed by atoms with E-state index in [0.717, 1.165) is 0 Å². The van der Waals surface area contributed by atoms with Crippen molar-refractivity contribution in [2.45, 2.75) is 25.8 Å². The minimum atomic E-state index is -1.22. The van der Waals surface area contributed by atoms with Gasteiger partial charge in [-0.3, -0.25) is 9.59 Å². The van der Waals surface area contributed by atoms with Gasteiger partial charge in [0.05, 0.1) is 0 Å². The number of rotatable bonds is 6. The molecule has 1 aromatic rings. The zero-order valence-corrected chi connectivity index (χ0v) is 11.3. The van der Waals surface area contributed by atoms with Crippen LogP contribution in [0.15, 0.2) is 30.3 Å². The summed E-state index contributed by atoms with van der Waals surface area (Å²) < 4.78 is 0. The van der Waals surface area contributed by atoms with Crippen LogP contribution in [0.25, 0.3) is 0 Å². The molecule has 5 heteroatoms. The lowest BCUT2D eigenvalue weighted by molar-refractivity contribution is -0.146. The third kappa shape index (κ3) is 3.79. The molecule has 0 heterocycles. The molecule has 0 saturated carbocycles. The average Bonchev–Trinajstić information content (AvgIpc) is 2.38. The Balaban J connectivity index is 2.97. The van der Waals surface area contributed by atoms with E-state index in [2.05, 4.69) is 0 Å². The maximum absolute atomic E-state index is 12.4. The molecule has 5 nitrogen and oxygen atoms in total. The van der Waals surface area contributed by atoms with Crippen molar-refractivity contribution in [3.8, 4) is 0 Å². The molecule has 0 aliphatic carbocycles. The van der Waals surface area contributed by atoms with Crippen LogP contribution in [0, 0.1) is 0 Å². The molecule has 0 aliphatic rings. The minimum absolute atomic E-state index is 0.327. The fourth-order valence-electron chi connectivity index (χ4n) is 1.92. The summed E-state index contributed by atoms with van der Waals surface area (Å²) >= 11 is 0. The van der Waals surface area contributed by atoms with Gasteiger partial charge in [0.15, 0.2) is 0 Å². The van der Waals surface area contributed by atoms with Crippen molar-refractivity contribution in [2.24, 2.45) is 5.73 Å². The summed E-state index contributed by atoms with van der Waals surface area (Å²) in [5.41, 5.74) is 5.56. The van der Waals surface area contributed by atoms with E-state index in [1.54, 1.807) is 31.2 Å². The highest BCUT2D eigenvalue weighted by Gasteiger charge is 2.34. The molecule has 0 fully saturated rings. The fourth-order valence-corrected chi connectivity index (χ4v) is 1.92.